The molecule has 2 unspecified atom stereocenters. The zero-order chi connectivity index (χ0) is 22.4. The fourth-order valence-electron chi connectivity index (χ4n) is 2.64. The van der Waals surface area contributed by atoms with Crippen molar-refractivity contribution in [3.8, 4) is 5.75 Å². The maximum Gasteiger partial charge on any atom is 0.337 e. The van der Waals surface area contributed by atoms with Gasteiger partial charge in [0.2, 0.25) is 0 Å². The lowest BCUT2D eigenvalue weighted by molar-refractivity contribution is 0.0600. The number of benzene rings is 3. The lowest BCUT2D eigenvalue weighted by atomic mass is 10.1. The molecule has 0 saturated heterocycles. The normalized spacial score (nSPS) is 12.6. The van der Waals surface area contributed by atoms with Gasteiger partial charge in [0.25, 0.3) is 0 Å². The van der Waals surface area contributed by atoms with Crippen LogP contribution in [0.15, 0.2) is 71.6 Å². The van der Waals surface area contributed by atoms with Crippen LogP contribution >= 0.6 is 11.6 Å². The largest absolute Gasteiger partial charge is 0.488 e. The molecule has 0 aliphatic heterocycles. The van der Waals surface area contributed by atoms with Crippen LogP contribution in [0.1, 0.15) is 22.0 Å². The van der Waals surface area contributed by atoms with E-state index in [9.17, 15) is 18.5 Å². The van der Waals surface area contributed by atoms with E-state index < -0.39 is 28.9 Å². The summed E-state index contributed by atoms with van der Waals surface area (Å²) < 4.78 is 39.0. The van der Waals surface area contributed by atoms with Crippen LogP contribution in [-0.2, 0) is 15.7 Å². The molecule has 3 aromatic rings. The van der Waals surface area contributed by atoms with E-state index >= 15 is 0 Å². The van der Waals surface area contributed by atoms with E-state index in [1.165, 1.54) is 49.6 Å². The summed E-state index contributed by atoms with van der Waals surface area (Å²) in [6.07, 6.45) is -0.963. The number of hydrogen-bond donors (Lipinski definition) is 2. The molecule has 0 aromatic heterocycles. The SMILES string of the molecule is COC(=O)c1ccc(NS(=O)c2ccc(F)cc2)c(OCC(O)c2ccc(Cl)cc2)c1. The number of methoxy groups -OCH3 is 1. The summed E-state index contributed by atoms with van der Waals surface area (Å²) in [6.45, 7) is -0.135. The standard InChI is InChI=1S/C22H19ClFNO5S/c1-29-22(27)15-4-11-19(25-31(28)18-9-7-17(24)8-10-18)21(12-15)30-13-20(26)14-2-5-16(23)6-3-14/h2-12,20,25-26H,13H2,1H3. The topological polar surface area (TPSA) is 84.9 Å². The molecule has 0 fully saturated rings. The molecule has 2 N–H and O–H groups in total. The Morgan fingerprint density at radius 3 is 2.45 bits per heavy atom. The quantitative estimate of drug-likeness (QED) is 0.480. The van der Waals surface area contributed by atoms with Crippen molar-refractivity contribution in [3.63, 3.8) is 0 Å². The smallest absolute Gasteiger partial charge is 0.337 e. The maximum atomic E-state index is 13.1. The van der Waals surface area contributed by atoms with Crippen molar-refractivity contribution < 1.29 is 28.0 Å². The molecule has 6 nitrogen and oxygen atoms in total. The van der Waals surface area contributed by atoms with Gasteiger partial charge in [0, 0.05) is 5.02 Å². The third kappa shape index (κ3) is 6.04. The number of ether oxygens (including phenoxy) is 2. The zero-order valence-corrected chi connectivity index (χ0v) is 18.0. The molecule has 3 rings (SSSR count). The average molecular weight is 464 g/mol. The minimum Gasteiger partial charge on any atom is -0.488 e. The Bertz CT molecular complexity index is 1080. The highest BCUT2D eigenvalue weighted by Gasteiger charge is 2.16. The number of halogens is 2. The van der Waals surface area contributed by atoms with Gasteiger partial charge in [-0.15, -0.1) is 0 Å². The molecule has 3 aromatic carbocycles. The number of esters is 1. The fourth-order valence-corrected chi connectivity index (χ4v) is 3.63. The molecule has 0 bridgehead atoms. The van der Waals surface area contributed by atoms with Crippen molar-refractivity contribution in [2.45, 2.75) is 11.0 Å². The predicted octanol–water partition coefficient (Wildman–Crippen LogP) is 4.51. The van der Waals surface area contributed by atoms with Crippen molar-refractivity contribution in [2.24, 2.45) is 0 Å². The summed E-state index contributed by atoms with van der Waals surface area (Å²) in [5.74, 6) is -0.830. The highest BCUT2D eigenvalue weighted by Crippen LogP contribution is 2.29. The summed E-state index contributed by atoms with van der Waals surface area (Å²) in [4.78, 5) is 12.2. The third-order valence-electron chi connectivity index (χ3n) is 4.28. The highest BCUT2D eigenvalue weighted by atomic mass is 35.5. The summed E-state index contributed by atoms with van der Waals surface area (Å²) in [5.41, 5.74) is 1.13. The van der Waals surface area contributed by atoms with E-state index in [1.54, 1.807) is 24.3 Å². The number of rotatable bonds is 8. The van der Waals surface area contributed by atoms with Gasteiger partial charge in [0.15, 0.2) is 0 Å². The molecule has 0 aliphatic rings. The van der Waals surface area contributed by atoms with Crippen LogP contribution in [0.25, 0.3) is 0 Å². The van der Waals surface area contributed by atoms with E-state index in [2.05, 4.69) is 4.72 Å². The van der Waals surface area contributed by atoms with Crippen LogP contribution in [0.3, 0.4) is 0 Å². The molecule has 0 heterocycles. The van der Waals surface area contributed by atoms with Crippen molar-refractivity contribution in [2.75, 3.05) is 18.4 Å². The molecule has 162 valence electrons. The summed E-state index contributed by atoms with van der Waals surface area (Å²) in [5, 5.41) is 10.9. The maximum absolute atomic E-state index is 13.1. The lowest BCUT2D eigenvalue weighted by Crippen LogP contribution is -2.13. The Kier molecular flexibility index (Phi) is 7.62. The molecule has 31 heavy (non-hydrogen) atoms. The molecular weight excluding hydrogens is 445 g/mol. The van der Waals surface area contributed by atoms with Gasteiger partial charge in [0.1, 0.15) is 35.3 Å². The molecule has 0 amide bonds. The molecular formula is C22H19ClFNO5S. The molecule has 0 radical (unpaired) electrons. The summed E-state index contributed by atoms with van der Waals surface area (Å²) in [6, 6.07) is 16.3. The van der Waals surface area contributed by atoms with Crippen molar-refractivity contribution >= 4 is 34.2 Å². The van der Waals surface area contributed by atoms with Gasteiger partial charge < -0.3 is 14.6 Å². The molecule has 0 saturated carbocycles. The first kappa shape index (κ1) is 22.7. The van der Waals surface area contributed by atoms with Crippen LogP contribution in [0.5, 0.6) is 5.75 Å². The number of nitrogens with one attached hydrogen (secondary N) is 1. The highest BCUT2D eigenvalue weighted by molar-refractivity contribution is 7.86. The Morgan fingerprint density at radius 1 is 1.13 bits per heavy atom. The Labute approximate surface area is 186 Å². The minimum atomic E-state index is -1.71. The lowest BCUT2D eigenvalue weighted by Gasteiger charge is -2.17. The van der Waals surface area contributed by atoms with E-state index in [4.69, 9.17) is 21.1 Å². The van der Waals surface area contributed by atoms with Crippen molar-refractivity contribution in [1.82, 2.24) is 0 Å². The number of hydrogen-bond acceptors (Lipinski definition) is 5. The minimum absolute atomic E-state index is 0.135. The van der Waals surface area contributed by atoms with Gasteiger partial charge in [-0.3, -0.25) is 4.72 Å². The van der Waals surface area contributed by atoms with Gasteiger partial charge in [-0.1, -0.05) is 23.7 Å². The second-order valence-corrected chi connectivity index (χ2v) is 8.06. The van der Waals surface area contributed by atoms with E-state index in [1.807, 2.05) is 0 Å². The number of aliphatic hydroxyl groups is 1. The third-order valence-corrected chi connectivity index (χ3v) is 5.64. The number of carbonyl (C=O) groups excluding carboxylic acids is 1. The van der Waals surface area contributed by atoms with E-state index in [0.29, 0.717) is 21.2 Å². The Hall–Kier alpha value is -2.94. The predicted molar refractivity (Wildman–Crippen MR) is 116 cm³/mol. The first-order valence-electron chi connectivity index (χ1n) is 9.10. The molecule has 2 atom stereocenters. The first-order valence-corrected chi connectivity index (χ1v) is 10.6. The van der Waals surface area contributed by atoms with E-state index in [-0.39, 0.29) is 17.9 Å². The number of aliphatic hydroxyl groups excluding tert-OH is 1. The van der Waals surface area contributed by atoms with Crippen molar-refractivity contribution in [3.05, 3.63) is 88.7 Å². The monoisotopic (exact) mass is 463 g/mol. The first-order chi connectivity index (χ1) is 14.9. The fraction of sp³-hybridized carbons (Fsp3) is 0.136. The van der Waals surface area contributed by atoms with Crippen LogP contribution in [0.4, 0.5) is 10.1 Å². The van der Waals surface area contributed by atoms with Crippen LogP contribution in [-0.4, -0.2) is 29.0 Å². The van der Waals surface area contributed by atoms with Gasteiger partial charge in [0.05, 0.1) is 23.3 Å². The number of anilines is 1. The van der Waals surface area contributed by atoms with Gasteiger partial charge in [-0.05, 0) is 60.2 Å². The van der Waals surface area contributed by atoms with Gasteiger partial charge >= 0.3 is 5.97 Å². The number of carbonyl (C=O) groups is 1. The van der Waals surface area contributed by atoms with Crippen molar-refractivity contribution in [1.29, 1.82) is 0 Å². The second kappa shape index (κ2) is 10.4. The van der Waals surface area contributed by atoms with Gasteiger partial charge in [-0.2, -0.15) is 0 Å². The van der Waals surface area contributed by atoms with Gasteiger partial charge in [-0.25, -0.2) is 13.4 Å². The molecule has 9 heteroatoms. The second-order valence-electron chi connectivity index (χ2n) is 6.41. The molecule has 0 aliphatic carbocycles. The van der Waals surface area contributed by atoms with Crippen LogP contribution in [0.2, 0.25) is 5.02 Å². The molecule has 0 spiro atoms. The summed E-state index contributed by atoms with van der Waals surface area (Å²) in [7, 11) is -0.462. The Morgan fingerprint density at radius 2 is 1.81 bits per heavy atom. The summed E-state index contributed by atoms with van der Waals surface area (Å²) >= 11 is 5.86. The van der Waals surface area contributed by atoms with Crippen LogP contribution in [0, 0.1) is 5.82 Å². The Balaban J connectivity index is 1.81. The zero-order valence-electron chi connectivity index (χ0n) is 16.4. The average Bonchev–Trinajstić information content (AvgIpc) is 2.78. The van der Waals surface area contributed by atoms with Crippen LogP contribution < -0.4 is 9.46 Å². The van der Waals surface area contributed by atoms with E-state index in [0.717, 1.165) is 0 Å².